The molecule has 1 aliphatic heterocycles. The molecular formula is C14H24N4O2. The van der Waals surface area contributed by atoms with Gasteiger partial charge in [0.15, 0.2) is 0 Å². The summed E-state index contributed by atoms with van der Waals surface area (Å²) in [6.45, 7) is 4.08. The fraction of sp³-hybridized carbons (Fsp3) is 0.714. The molecule has 2 rings (SSSR count). The van der Waals surface area contributed by atoms with E-state index >= 15 is 0 Å². The Labute approximate surface area is 120 Å². The van der Waals surface area contributed by atoms with Gasteiger partial charge in [0.1, 0.15) is 0 Å². The first-order valence-corrected chi connectivity index (χ1v) is 7.05. The maximum atomic E-state index is 12.2. The van der Waals surface area contributed by atoms with Gasteiger partial charge in [0, 0.05) is 50.8 Å². The standard InChI is InChI=1S/C14H24N4O2/c1-11-6-15-18(7-11)5-4-14(20)17-8-12(10-19)13(9-17)16(2)3/h6-7,12-13,19H,4-5,8-10H2,1-3H3/t12-,13+/m0/s1. The van der Waals surface area contributed by atoms with Gasteiger partial charge in [-0.25, -0.2) is 0 Å². The monoisotopic (exact) mass is 280 g/mol. The number of nitrogens with zero attached hydrogens (tertiary/aromatic N) is 4. The summed E-state index contributed by atoms with van der Waals surface area (Å²) in [5.41, 5.74) is 1.10. The number of aliphatic hydroxyl groups is 1. The molecule has 0 saturated carbocycles. The highest BCUT2D eigenvalue weighted by molar-refractivity contribution is 5.76. The van der Waals surface area contributed by atoms with E-state index in [9.17, 15) is 9.90 Å². The van der Waals surface area contributed by atoms with Crippen molar-refractivity contribution in [2.75, 3.05) is 33.8 Å². The van der Waals surface area contributed by atoms with E-state index in [-0.39, 0.29) is 24.5 Å². The fourth-order valence-electron chi connectivity index (χ4n) is 2.78. The molecule has 0 unspecified atom stereocenters. The molecule has 0 aliphatic carbocycles. The molecule has 0 bridgehead atoms. The Morgan fingerprint density at radius 2 is 2.25 bits per heavy atom. The van der Waals surface area contributed by atoms with Crippen LogP contribution in [0.3, 0.4) is 0 Å². The average Bonchev–Trinajstić information content (AvgIpc) is 3.01. The van der Waals surface area contributed by atoms with Crippen molar-refractivity contribution in [1.29, 1.82) is 0 Å². The van der Waals surface area contributed by atoms with Crippen molar-refractivity contribution in [1.82, 2.24) is 19.6 Å². The Kier molecular flexibility index (Phi) is 4.77. The number of likely N-dealkylation sites (N-methyl/N-ethyl adjacent to an activating group) is 1. The zero-order chi connectivity index (χ0) is 14.7. The maximum Gasteiger partial charge on any atom is 0.224 e. The maximum absolute atomic E-state index is 12.2. The van der Waals surface area contributed by atoms with Crippen LogP contribution in [-0.2, 0) is 11.3 Å². The molecule has 1 amide bonds. The summed E-state index contributed by atoms with van der Waals surface area (Å²) in [5, 5.41) is 13.6. The third-order valence-corrected chi connectivity index (χ3v) is 3.97. The molecule has 20 heavy (non-hydrogen) atoms. The number of carbonyl (C=O) groups excluding carboxylic acids is 1. The van der Waals surface area contributed by atoms with Crippen LogP contribution in [0.4, 0.5) is 0 Å². The number of rotatable bonds is 5. The van der Waals surface area contributed by atoms with Gasteiger partial charge >= 0.3 is 0 Å². The van der Waals surface area contributed by atoms with Crippen LogP contribution < -0.4 is 0 Å². The average molecular weight is 280 g/mol. The van der Waals surface area contributed by atoms with Gasteiger partial charge in [-0.15, -0.1) is 0 Å². The highest BCUT2D eigenvalue weighted by Gasteiger charge is 2.35. The summed E-state index contributed by atoms with van der Waals surface area (Å²) in [6, 6.07) is 0.246. The molecule has 6 nitrogen and oxygen atoms in total. The van der Waals surface area contributed by atoms with E-state index in [1.807, 2.05) is 32.1 Å². The molecule has 6 heteroatoms. The number of hydrogen-bond acceptors (Lipinski definition) is 4. The SMILES string of the molecule is Cc1cnn(CCC(=O)N2C[C@@H](CO)[C@H](N(C)C)C2)c1. The second kappa shape index (κ2) is 6.37. The smallest absolute Gasteiger partial charge is 0.224 e. The van der Waals surface area contributed by atoms with Gasteiger partial charge in [0.05, 0.1) is 6.20 Å². The Morgan fingerprint density at radius 1 is 1.50 bits per heavy atom. The lowest BCUT2D eigenvalue weighted by Gasteiger charge is -2.23. The van der Waals surface area contributed by atoms with E-state index in [0.29, 0.717) is 26.1 Å². The minimum atomic E-state index is 0.130. The van der Waals surface area contributed by atoms with Crippen LogP contribution in [0.25, 0.3) is 0 Å². The van der Waals surface area contributed by atoms with Crippen molar-refractivity contribution in [3.63, 3.8) is 0 Å². The fourth-order valence-corrected chi connectivity index (χ4v) is 2.78. The normalized spacial score (nSPS) is 22.8. The number of aromatic nitrogens is 2. The molecule has 0 radical (unpaired) electrons. The molecule has 1 fully saturated rings. The van der Waals surface area contributed by atoms with Crippen LogP contribution in [0.5, 0.6) is 0 Å². The van der Waals surface area contributed by atoms with Crippen LogP contribution in [0.2, 0.25) is 0 Å². The van der Waals surface area contributed by atoms with Gasteiger partial charge in [-0.1, -0.05) is 0 Å². The third kappa shape index (κ3) is 3.37. The van der Waals surface area contributed by atoms with Gasteiger partial charge < -0.3 is 14.9 Å². The lowest BCUT2D eigenvalue weighted by molar-refractivity contribution is -0.130. The Balaban J connectivity index is 1.87. The highest BCUT2D eigenvalue weighted by atomic mass is 16.3. The second-order valence-corrected chi connectivity index (χ2v) is 5.80. The molecule has 1 aliphatic rings. The number of likely N-dealkylation sites (tertiary alicyclic amines) is 1. The van der Waals surface area contributed by atoms with Crippen molar-refractivity contribution < 1.29 is 9.90 Å². The highest BCUT2D eigenvalue weighted by Crippen LogP contribution is 2.20. The summed E-state index contributed by atoms with van der Waals surface area (Å²) in [6.07, 6.45) is 4.19. The lowest BCUT2D eigenvalue weighted by Crippen LogP contribution is -2.37. The van der Waals surface area contributed by atoms with Crippen LogP contribution in [0, 0.1) is 12.8 Å². The van der Waals surface area contributed by atoms with Gasteiger partial charge in [-0.2, -0.15) is 5.10 Å². The molecule has 1 aromatic rings. The summed E-state index contributed by atoms with van der Waals surface area (Å²) >= 11 is 0. The van der Waals surface area contributed by atoms with E-state index in [4.69, 9.17) is 0 Å². The van der Waals surface area contributed by atoms with Gasteiger partial charge in [0.25, 0.3) is 0 Å². The molecule has 1 N–H and O–H groups in total. The number of hydrogen-bond donors (Lipinski definition) is 1. The van der Waals surface area contributed by atoms with Crippen molar-refractivity contribution in [3.05, 3.63) is 18.0 Å². The van der Waals surface area contributed by atoms with E-state index in [0.717, 1.165) is 5.56 Å². The van der Waals surface area contributed by atoms with Crippen molar-refractivity contribution in [2.45, 2.75) is 25.9 Å². The molecule has 1 saturated heterocycles. The minimum Gasteiger partial charge on any atom is -0.396 e. The van der Waals surface area contributed by atoms with Crippen LogP contribution >= 0.6 is 0 Å². The molecular weight excluding hydrogens is 256 g/mol. The number of carbonyl (C=O) groups is 1. The van der Waals surface area contributed by atoms with Crippen LogP contribution in [0.1, 0.15) is 12.0 Å². The quantitative estimate of drug-likeness (QED) is 0.822. The van der Waals surface area contributed by atoms with Crippen molar-refractivity contribution >= 4 is 5.91 Å². The van der Waals surface area contributed by atoms with Gasteiger partial charge in [-0.3, -0.25) is 9.48 Å². The summed E-state index contributed by atoms with van der Waals surface area (Å²) in [7, 11) is 3.99. The topological polar surface area (TPSA) is 61.6 Å². The molecule has 112 valence electrons. The zero-order valence-electron chi connectivity index (χ0n) is 12.5. The van der Waals surface area contributed by atoms with E-state index in [2.05, 4.69) is 10.00 Å². The van der Waals surface area contributed by atoms with Gasteiger partial charge in [-0.05, 0) is 26.6 Å². The number of aryl methyl sites for hydroxylation is 2. The first-order valence-electron chi connectivity index (χ1n) is 7.05. The van der Waals surface area contributed by atoms with Gasteiger partial charge in [0.2, 0.25) is 5.91 Å². The molecule has 1 aromatic heterocycles. The van der Waals surface area contributed by atoms with E-state index < -0.39 is 0 Å². The second-order valence-electron chi connectivity index (χ2n) is 5.80. The zero-order valence-corrected chi connectivity index (χ0v) is 12.5. The largest absolute Gasteiger partial charge is 0.396 e. The first-order chi connectivity index (χ1) is 9.51. The minimum absolute atomic E-state index is 0.130. The first kappa shape index (κ1) is 15.0. The summed E-state index contributed by atoms with van der Waals surface area (Å²) in [4.78, 5) is 16.2. The van der Waals surface area contributed by atoms with Crippen LogP contribution in [-0.4, -0.2) is 70.4 Å². The van der Waals surface area contributed by atoms with Crippen LogP contribution in [0.15, 0.2) is 12.4 Å². The Bertz CT molecular complexity index is 458. The van der Waals surface area contributed by atoms with E-state index in [1.54, 1.807) is 10.9 Å². The molecule has 2 atom stereocenters. The summed E-state index contributed by atoms with van der Waals surface area (Å²) in [5.74, 6) is 0.293. The number of amides is 1. The number of aliphatic hydroxyl groups excluding tert-OH is 1. The predicted molar refractivity (Wildman–Crippen MR) is 76.2 cm³/mol. The van der Waals surface area contributed by atoms with Crippen molar-refractivity contribution in [2.24, 2.45) is 5.92 Å². The third-order valence-electron chi connectivity index (χ3n) is 3.97. The van der Waals surface area contributed by atoms with Crippen molar-refractivity contribution in [3.8, 4) is 0 Å². The Hall–Kier alpha value is -1.40. The predicted octanol–water partition coefficient (Wildman–Crippen LogP) is -0.0375. The Morgan fingerprint density at radius 3 is 2.75 bits per heavy atom. The molecule has 0 spiro atoms. The molecule has 2 heterocycles. The molecule has 0 aromatic carbocycles. The van der Waals surface area contributed by atoms with E-state index in [1.165, 1.54) is 0 Å². The lowest BCUT2D eigenvalue weighted by atomic mass is 10.0. The summed E-state index contributed by atoms with van der Waals surface area (Å²) < 4.78 is 1.80.